The van der Waals surface area contributed by atoms with Gasteiger partial charge in [0, 0.05) is 6.07 Å². The van der Waals surface area contributed by atoms with Gasteiger partial charge in [-0.05, 0) is 19.1 Å². The number of carbonyl (C=O) groups excluding carboxylic acids is 1. The van der Waals surface area contributed by atoms with Crippen LogP contribution in [-0.2, 0) is 9.53 Å². The maximum atomic E-state index is 13.1. The summed E-state index contributed by atoms with van der Waals surface area (Å²) in [6, 6.07) is 2.49. The predicted octanol–water partition coefficient (Wildman–Crippen LogP) is 1.08. The second-order valence-corrected chi connectivity index (χ2v) is 3.98. The van der Waals surface area contributed by atoms with Crippen molar-refractivity contribution in [2.75, 3.05) is 6.61 Å². The zero-order valence-electron chi connectivity index (χ0n) is 10.7. The van der Waals surface area contributed by atoms with Gasteiger partial charge < -0.3 is 14.9 Å². The number of carbonyl (C=O) groups is 1. The van der Waals surface area contributed by atoms with Gasteiger partial charge in [-0.15, -0.1) is 0 Å². The molecule has 2 atom stereocenters. The number of aliphatic hydroxyl groups is 2. The first-order valence-corrected chi connectivity index (χ1v) is 5.82. The number of benzene rings is 1. The van der Waals surface area contributed by atoms with Crippen molar-refractivity contribution in [1.82, 2.24) is 0 Å². The Kier molecular flexibility index (Phi) is 5.53. The molecule has 1 rings (SSSR count). The largest absolute Gasteiger partial charge is 0.466 e. The lowest BCUT2D eigenvalue weighted by Gasteiger charge is -2.17. The fourth-order valence-corrected chi connectivity index (χ4v) is 1.64. The Labute approximate surface area is 113 Å². The average Bonchev–Trinajstić information content (AvgIpc) is 2.37. The summed E-state index contributed by atoms with van der Waals surface area (Å²) in [7, 11) is 0. The van der Waals surface area contributed by atoms with Gasteiger partial charge in [0.1, 0.15) is 11.9 Å². The Bertz CT molecular complexity index is 507. The van der Waals surface area contributed by atoms with Crippen LogP contribution in [0.4, 0.5) is 10.1 Å². The lowest BCUT2D eigenvalue weighted by molar-refractivity contribution is -0.386. The average molecular weight is 287 g/mol. The van der Waals surface area contributed by atoms with Crippen LogP contribution in [0, 0.1) is 15.9 Å². The smallest absolute Gasteiger partial charge is 0.308 e. The molecule has 0 amide bonds. The normalized spacial score (nSPS) is 13.6. The zero-order chi connectivity index (χ0) is 15.3. The number of nitro groups is 1. The third kappa shape index (κ3) is 3.97. The van der Waals surface area contributed by atoms with Crippen LogP contribution < -0.4 is 0 Å². The molecule has 2 N–H and O–H groups in total. The summed E-state index contributed by atoms with van der Waals surface area (Å²) in [6.45, 7) is 1.67. The van der Waals surface area contributed by atoms with Gasteiger partial charge >= 0.3 is 5.97 Å². The molecule has 0 fully saturated rings. The van der Waals surface area contributed by atoms with Gasteiger partial charge in [0.25, 0.3) is 5.69 Å². The third-order valence-corrected chi connectivity index (χ3v) is 2.55. The molecule has 0 spiro atoms. The fraction of sp³-hybridized carbons (Fsp3) is 0.417. The van der Waals surface area contributed by atoms with Crippen molar-refractivity contribution >= 4 is 11.7 Å². The van der Waals surface area contributed by atoms with E-state index >= 15 is 0 Å². The highest BCUT2D eigenvalue weighted by molar-refractivity contribution is 5.70. The molecule has 110 valence electrons. The van der Waals surface area contributed by atoms with Gasteiger partial charge in [-0.1, -0.05) is 0 Å². The molecule has 0 radical (unpaired) electrons. The highest BCUT2D eigenvalue weighted by Gasteiger charge is 2.28. The van der Waals surface area contributed by atoms with Crippen LogP contribution in [0.25, 0.3) is 0 Å². The summed E-state index contributed by atoms with van der Waals surface area (Å²) in [5, 5.41) is 30.3. The first-order valence-electron chi connectivity index (χ1n) is 5.82. The van der Waals surface area contributed by atoms with Gasteiger partial charge in [-0.3, -0.25) is 14.9 Å². The number of nitrogens with zero attached hydrogens (tertiary/aromatic N) is 1. The molecule has 0 saturated heterocycles. The van der Waals surface area contributed by atoms with E-state index in [4.69, 9.17) is 0 Å². The maximum Gasteiger partial charge on any atom is 0.308 e. The molecule has 20 heavy (non-hydrogen) atoms. The first-order chi connectivity index (χ1) is 9.36. The molecular weight excluding hydrogens is 273 g/mol. The van der Waals surface area contributed by atoms with Crippen LogP contribution in [-0.4, -0.2) is 33.8 Å². The van der Waals surface area contributed by atoms with Crippen LogP contribution in [0.1, 0.15) is 25.0 Å². The first kappa shape index (κ1) is 16.0. The molecule has 0 aliphatic rings. The number of esters is 1. The Morgan fingerprint density at radius 3 is 2.70 bits per heavy atom. The maximum absolute atomic E-state index is 13.1. The predicted molar refractivity (Wildman–Crippen MR) is 65.3 cm³/mol. The minimum atomic E-state index is -1.77. The molecule has 0 bridgehead atoms. The molecule has 0 saturated carbocycles. The van der Waals surface area contributed by atoms with E-state index in [2.05, 4.69) is 4.74 Å². The quantitative estimate of drug-likeness (QED) is 0.460. The topological polar surface area (TPSA) is 110 Å². The van der Waals surface area contributed by atoms with E-state index in [1.165, 1.54) is 0 Å². The molecule has 0 aromatic heterocycles. The molecule has 0 aliphatic heterocycles. The molecule has 2 unspecified atom stereocenters. The van der Waals surface area contributed by atoms with E-state index in [1.54, 1.807) is 6.92 Å². The number of nitro benzene ring substituents is 1. The van der Waals surface area contributed by atoms with Crippen molar-refractivity contribution in [1.29, 1.82) is 0 Å². The number of ether oxygens (including phenoxy) is 1. The number of hydrogen-bond donors (Lipinski definition) is 2. The number of halogens is 1. The second-order valence-electron chi connectivity index (χ2n) is 3.98. The molecule has 7 nitrogen and oxygen atoms in total. The molecule has 1 aromatic rings. The number of aliphatic hydroxyl groups excluding tert-OH is 2. The van der Waals surface area contributed by atoms with Crippen molar-refractivity contribution < 1.29 is 29.1 Å². The highest BCUT2D eigenvalue weighted by atomic mass is 19.1. The van der Waals surface area contributed by atoms with E-state index in [0.717, 1.165) is 18.2 Å². The monoisotopic (exact) mass is 287 g/mol. The van der Waals surface area contributed by atoms with Crippen molar-refractivity contribution in [2.45, 2.75) is 25.6 Å². The Hall–Kier alpha value is -2.06. The van der Waals surface area contributed by atoms with Gasteiger partial charge in [0.2, 0.25) is 0 Å². The summed E-state index contributed by atoms with van der Waals surface area (Å²) in [5.41, 5.74) is -0.936. The summed E-state index contributed by atoms with van der Waals surface area (Å²) >= 11 is 0. The second kappa shape index (κ2) is 6.92. The summed E-state index contributed by atoms with van der Waals surface area (Å²) in [6.07, 6.45) is -3.95. The minimum Gasteiger partial charge on any atom is -0.466 e. The van der Waals surface area contributed by atoms with Crippen LogP contribution in [0.2, 0.25) is 0 Å². The SMILES string of the molecule is CCOC(=O)CC(O)C(O)c1cc(F)ccc1[N+](=O)[O-]. The van der Waals surface area contributed by atoms with Gasteiger partial charge in [0.05, 0.1) is 29.6 Å². The lowest BCUT2D eigenvalue weighted by atomic mass is 10.0. The fourth-order valence-electron chi connectivity index (χ4n) is 1.64. The molecule has 8 heteroatoms. The molecule has 1 aromatic carbocycles. The summed E-state index contributed by atoms with van der Waals surface area (Å²) in [5.74, 6) is -1.56. The molecule has 0 heterocycles. The van der Waals surface area contributed by atoms with Crippen molar-refractivity contribution in [3.63, 3.8) is 0 Å². The number of rotatable bonds is 6. The summed E-state index contributed by atoms with van der Waals surface area (Å²) in [4.78, 5) is 21.1. The zero-order valence-corrected chi connectivity index (χ0v) is 10.7. The van der Waals surface area contributed by atoms with E-state index in [0.29, 0.717) is 0 Å². The van der Waals surface area contributed by atoms with Crippen molar-refractivity contribution in [2.24, 2.45) is 0 Å². The van der Waals surface area contributed by atoms with E-state index in [1.807, 2.05) is 0 Å². The lowest BCUT2D eigenvalue weighted by Crippen LogP contribution is -2.24. The standard InChI is InChI=1S/C12H14FNO6/c1-2-20-11(16)6-10(15)12(17)8-5-7(13)3-4-9(8)14(18)19/h3-5,10,12,15,17H,2,6H2,1H3. The van der Waals surface area contributed by atoms with Crippen LogP contribution in [0.3, 0.4) is 0 Å². The van der Waals surface area contributed by atoms with Crippen molar-refractivity contribution in [3.05, 3.63) is 39.7 Å². The Balaban J connectivity index is 2.95. The van der Waals surface area contributed by atoms with Crippen LogP contribution >= 0.6 is 0 Å². The van der Waals surface area contributed by atoms with Gasteiger partial charge in [0.15, 0.2) is 0 Å². The third-order valence-electron chi connectivity index (χ3n) is 2.55. The van der Waals surface area contributed by atoms with E-state index in [-0.39, 0.29) is 6.61 Å². The van der Waals surface area contributed by atoms with Crippen LogP contribution in [0.5, 0.6) is 0 Å². The Morgan fingerprint density at radius 1 is 1.50 bits per heavy atom. The van der Waals surface area contributed by atoms with Crippen LogP contribution in [0.15, 0.2) is 18.2 Å². The number of hydrogen-bond acceptors (Lipinski definition) is 6. The Morgan fingerprint density at radius 2 is 2.15 bits per heavy atom. The molecule has 0 aliphatic carbocycles. The van der Waals surface area contributed by atoms with E-state index < -0.39 is 46.6 Å². The highest BCUT2D eigenvalue weighted by Crippen LogP contribution is 2.29. The van der Waals surface area contributed by atoms with E-state index in [9.17, 15) is 29.5 Å². The minimum absolute atomic E-state index is 0.0990. The van der Waals surface area contributed by atoms with Crippen molar-refractivity contribution in [3.8, 4) is 0 Å². The summed E-state index contributed by atoms with van der Waals surface area (Å²) < 4.78 is 17.7. The van der Waals surface area contributed by atoms with Gasteiger partial charge in [-0.2, -0.15) is 0 Å². The van der Waals surface area contributed by atoms with Gasteiger partial charge in [-0.25, -0.2) is 4.39 Å². The molecular formula is C12H14FNO6.